The van der Waals surface area contributed by atoms with E-state index in [1.807, 2.05) is 31.2 Å². The fourth-order valence-corrected chi connectivity index (χ4v) is 6.55. The number of carbonyl (C=O) groups is 4. The van der Waals surface area contributed by atoms with Crippen molar-refractivity contribution >= 4 is 35.0 Å². The van der Waals surface area contributed by atoms with Crippen LogP contribution in [-0.4, -0.2) is 68.5 Å². The maximum atomic E-state index is 13.9. The van der Waals surface area contributed by atoms with Crippen molar-refractivity contribution in [2.45, 2.75) is 91.0 Å². The molecule has 41 heavy (non-hydrogen) atoms. The highest BCUT2D eigenvalue weighted by atomic mass is 32.1. The average molecular weight is 585 g/mol. The van der Waals surface area contributed by atoms with E-state index in [1.165, 1.54) is 4.90 Å². The standard InChI is InChI=1S/C30H40N4O6S/c1-18-23(41-17-32-18)20-10-8-19(9-11-20)15-31-25(36)22-14-21(35)16-34(22)26(37)24(29(2,3)4)33-27(38)30(28(39)40)12-6-5-7-13-30/h8-11,17,21-22,24,35H,5-7,12-16H2,1-4H3,(H,31,36)(H,33,38)(H,39,40)/t21-,22+,24+/m1/s1. The number of nitrogens with one attached hydrogen (secondary N) is 2. The zero-order chi connectivity index (χ0) is 29.9. The van der Waals surface area contributed by atoms with E-state index in [0.717, 1.165) is 28.1 Å². The third-order valence-electron chi connectivity index (χ3n) is 8.23. The Labute approximate surface area is 244 Å². The molecule has 0 spiro atoms. The first-order valence-electron chi connectivity index (χ1n) is 14.1. The van der Waals surface area contributed by atoms with Crippen molar-refractivity contribution in [3.63, 3.8) is 0 Å². The van der Waals surface area contributed by atoms with Crippen LogP contribution in [0.5, 0.6) is 0 Å². The Morgan fingerprint density at radius 2 is 1.78 bits per heavy atom. The van der Waals surface area contributed by atoms with Crippen molar-refractivity contribution in [2.24, 2.45) is 10.8 Å². The third kappa shape index (κ3) is 6.62. The number of thiazole rings is 1. The molecule has 3 atom stereocenters. The molecule has 1 saturated heterocycles. The number of hydrogen-bond acceptors (Lipinski definition) is 7. The van der Waals surface area contributed by atoms with Crippen molar-refractivity contribution in [1.29, 1.82) is 0 Å². The van der Waals surface area contributed by atoms with Crippen LogP contribution in [0.4, 0.5) is 0 Å². The molecule has 2 aromatic rings. The number of hydrogen-bond donors (Lipinski definition) is 4. The molecule has 1 aliphatic carbocycles. The number of carboxylic acids is 1. The smallest absolute Gasteiger partial charge is 0.319 e. The minimum Gasteiger partial charge on any atom is -0.480 e. The van der Waals surface area contributed by atoms with Gasteiger partial charge in [-0.3, -0.25) is 19.2 Å². The number of aromatic nitrogens is 1. The fourth-order valence-electron chi connectivity index (χ4n) is 5.74. The number of aryl methyl sites for hydroxylation is 1. The highest BCUT2D eigenvalue weighted by molar-refractivity contribution is 7.13. The molecular formula is C30H40N4O6S. The largest absolute Gasteiger partial charge is 0.480 e. The molecule has 1 aromatic carbocycles. The normalized spacial score (nSPS) is 21.2. The van der Waals surface area contributed by atoms with E-state index >= 15 is 0 Å². The van der Waals surface area contributed by atoms with Crippen LogP contribution in [0.2, 0.25) is 0 Å². The number of aliphatic hydroxyl groups excluding tert-OH is 1. The number of amides is 3. The highest BCUT2D eigenvalue weighted by Gasteiger charge is 2.50. The van der Waals surface area contributed by atoms with Gasteiger partial charge in [0, 0.05) is 19.5 Å². The van der Waals surface area contributed by atoms with Crippen molar-refractivity contribution in [3.05, 3.63) is 41.0 Å². The summed E-state index contributed by atoms with van der Waals surface area (Å²) in [5, 5.41) is 26.0. The van der Waals surface area contributed by atoms with Crippen LogP contribution in [-0.2, 0) is 25.7 Å². The minimum absolute atomic E-state index is 0.0493. The van der Waals surface area contributed by atoms with E-state index < -0.39 is 52.7 Å². The van der Waals surface area contributed by atoms with E-state index in [9.17, 15) is 29.4 Å². The molecule has 2 fully saturated rings. The lowest BCUT2D eigenvalue weighted by Crippen LogP contribution is -2.60. The lowest BCUT2D eigenvalue weighted by atomic mass is 9.72. The van der Waals surface area contributed by atoms with Gasteiger partial charge in [-0.15, -0.1) is 11.3 Å². The number of nitrogens with zero attached hydrogens (tertiary/aromatic N) is 2. The Morgan fingerprint density at radius 1 is 1.12 bits per heavy atom. The number of carboxylic acid groups (broad SMARTS) is 1. The van der Waals surface area contributed by atoms with E-state index in [-0.39, 0.29) is 32.4 Å². The second-order valence-electron chi connectivity index (χ2n) is 12.3. The van der Waals surface area contributed by atoms with Crippen LogP contribution in [0.1, 0.15) is 70.6 Å². The first kappa shape index (κ1) is 30.6. The molecule has 0 bridgehead atoms. The summed E-state index contributed by atoms with van der Waals surface area (Å²) >= 11 is 1.57. The molecule has 0 radical (unpaired) electrons. The molecule has 4 N–H and O–H groups in total. The first-order valence-corrected chi connectivity index (χ1v) is 15.0. The van der Waals surface area contributed by atoms with Crippen LogP contribution in [0.15, 0.2) is 29.8 Å². The summed E-state index contributed by atoms with van der Waals surface area (Å²) in [7, 11) is 0. The molecule has 1 aromatic heterocycles. The second-order valence-corrected chi connectivity index (χ2v) is 13.2. The van der Waals surface area contributed by atoms with Gasteiger partial charge < -0.3 is 25.7 Å². The van der Waals surface area contributed by atoms with Gasteiger partial charge in [-0.2, -0.15) is 0 Å². The van der Waals surface area contributed by atoms with Gasteiger partial charge in [-0.25, -0.2) is 4.98 Å². The SMILES string of the molecule is Cc1ncsc1-c1ccc(CNC(=O)[C@@H]2C[C@@H](O)CN2C(=O)[C@H](NC(=O)C2(C(=O)O)CCCCC2)C(C)(C)C)cc1. The monoisotopic (exact) mass is 584 g/mol. The fraction of sp³-hybridized carbons (Fsp3) is 0.567. The average Bonchev–Trinajstić information content (AvgIpc) is 3.55. The second kappa shape index (κ2) is 12.3. The molecule has 10 nitrogen and oxygen atoms in total. The van der Waals surface area contributed by atoms with Gasteiger partial charge in [0.05, 0.1) is 22.2 Å². The van der Waals surface area contributed by atoms with Crippen LogP contribution < -0.4 is 10.6 Å². The van der Waals surface area contributed by atoms with Gasteiger partial charge in [0.15, 0.2) is 0 Å². The minimum atomic E-state index is -1.57. The molecule has 222 valence electrons. The summed E-state index contributed by atoms with van der Waals surface area (Å²) in [6, 6.07) is 5.82. The Morgan fingerprint density at radius 3 is 2.34 bits per heavy atom. The lowest BCUT2D eigenvalue weighted by Gasteiger charge is -2.38. The molecule has 3 amide bonds. The molecular weight excluding hydrogens is 544 g/mol. The molecule has 1 saturated carbocycles. The maximum absolute atomic E-state index is 13.9. The number of aliphatic hydroxyl groups is 1. The zero-order valence-electron chi connectivity index (χ0n) is 24.1. The van der Waals surface area contributed by atoms with Gasteiger partial charge in [-0.05, 0) is 36.3 Å². The number of β-amino-alcohol motifs (C(OH)–C–C–N with tert-alkyl or cyclic N) is 1. The predicted octanol–water partition coefficient (Wildman–Crippen LogP) is 3.26. The zero-order valence-corrected chi connectivity index (χ0v) is 24.9. The van der Waals surface area contributed by atoms with E-state index in [0.29, 0.717) is 12.8 Å². The summed E-state index contributed by atoms with van der Waals surface area (Å²) in [6.45, 7) is 7.50. The first-order chi connectivity index (χ1) is 19.3. The number of rotatable bonds is 8. The van der Waals surface area contributed by atoms with Crippen LogP contribution in [0.25, 0.3) is 10.4 Å². The molecule has 1 aliphatic heterocycles. The molecule has 11 heteroatoms. The lowest BCUT2D eigenvalue weighted by molar-refractivity contribution is -0.160. The summed E-state index contributed by atoms with van der Waals surface area (Å²) in [4.78, 5) is 59.4. The van der Waals surface area contributed by atoms with Gasteiger partial charge in [0.1, 0.15) is 17.5 Å². The van der Waals surface area contributed by atoms with E-state index in [2.05, 4.69) is 15.6 Å². The van der Waals surface area contributed by atoms with Crippen LogP contribution >= 0.6 is 11.3 Å². The summed E-state index contributed by atoms with van der Waals surface area (Å²) in [5.74, 6) is -2.76. The van der Waals surface area contributed by atoms with Gasteiger partial charge >= 0.3 is 5.97 Å². The molecule has 4 rings (SSSR count). The highest BCUT2D eigenvalue weighted by Crippen LogP contribution is 2.38. The number of aliphatic carboxylic acids is 1. The third-order valence-corrected chi connectivity index (χ3v) is 9.21. The van der Waals surface area contributed by atoms with Gasteiger partial charge in [0.2, 0.25) is 17.7 Å². The van der Waals surface area contributed by atoms with E-state index in [1.54, 1.807) is 37.6 Å². The number of carbonyl (C=O) groups excluding carboxylic acids is 3. The topological polar surface area (TPSA) is 149 Å². The van der Waals surface area contributed by atoms with Crippen LogP contribution in [0, 0.1) is 17.8 Å². The molecule has 2 aliphatic rings. The molecule has 0 unspecified atom stereocenters. The Hall–Kier alpha value is -3.31. The summed E-state index contributed by atoms with van der Waals surface area (Å²) < 4.78 is 0. The Balaban J connectivity index is 1.46. The van der Waals surface area contributed by atoms with Crippen LogP contribution in [0.3, 0.4) is 0 Å². The maximum Gasteiger partial charge on any atom is 0.319 e. The molecule has 2 heterocycles. The van der Waals surface area contributed by atoms with Crippen molar-refractivity contribution < 1.29 is 29.4 Å². The summed E-state index contributed by atoms with van der Waals surface area (Å²) in [5.41, 5.74) is 2.35. The van der Waals surface area contributed by atoms with Crippen molar-refractivity contribution in [3.8, 4) is 10.4 Å². The Bertz CT molecular complexity index is 1280. The van der Waals surface area contributed by atoms with E-state index in [4.69, 9.17) is 0 Å². The summed E-state index contributed by atoms with van der Waals surface area (Å²) in [6.07, 6.45) is 1.74. The quantitative estimate of drug-likeness (QED) is 0.348. The number of likely N-dealkylation sites (tertiary alicyclic amines) is 1. The van der Waals surface area contributed by atoms with Gasteiger partial charge in [0.25, 0.3) is 0 Å². The van der Waals surface area contributed by atoms with Crippen molar-refractivity contribution in [2.75, 3.05) is 6.54 Å². The van der Waals surface area contributed by atoms with Gasteiger partial charge in [-0.1, -0.05) is 64.3 Å². The predicted molar refractivity (Wildman–Crippen MR) is 155 cm³/mol. The number of benzene rings is 1. The van der Waals surface area contributed by atoms with Crippen molar-refractivity contribution in [1.82, 2.24) is 20.5 Å². The Kier molecular flexibility index (Phi) is 9.18.